The summed E-state index contributed by atoms with van der Waals surface area (Å²) in [7, 11) is 0. The number of rotatable bonds is 2. The van der Waals surface area contributed by atoms with Gasteiger partial charge in [-0.1, -0.05) is 34.8 Å². The lowest BCUT2D eigenvalue weighted by atomic mass is 10.3. The van der Waals surface area contributed by atoms with E-state index in [1.54, 1.807) is 0 Å². The van der Waals surface area contributed by atoms with Gasteiger partial charge >= 0.3 is 5.70 Å². The molecule has 0 aromatic carbocycles. The van der Waals surface area contributed by atoms with Crippen molar-refractivity contribution in [1.29, 1.82) is 0 Å². The van der Waals surface area contributed by atoms with Crippen molar-refractivity contribution in [2.45, 2.75) is 10.2 Å². The third-order valence-corrected chi connectivity index (χ3v) is 3.36. The number of nitrogens with one attached hydrogen (secondary N) is 1. The van der Waals surface area contributed by atoms with Gasteiger partial charge in [0.1, 0.15) is 0 Å². The number of Topliss-reactive ketones (excluding diaryl/α,β-unsaturated/α-hetero) is 1. The number of allylic oxidation sites excluding steroid dienone is 1. The maximum Gasteiger partial charge on any atom is 0.346 e. The number of hydrogen-bond acceptors (Lipinski definition) is 5. The van der Waals surface area contributed by atoms with Crippen LogP contribution in [0.1, 0.15) is 6.42 Å². The summed E-state index contributed by atoms with van der Waals surface area (Å²) in [4.78, 5) is 21.5. The Morgan fingerprint density at radius 2 is 2.06 bits per heavy atom. The maximum absolute atomic E-state index is 11.6. The van der Waals surface area contributed by atoms with Crippen molar-refractivity contribution in [2.75, 3.05) is 12.3 Å². The Morgan fingerprint density at radius 1 is 1.47 bits per heavy atom. The molecule has 98 valence electrons. The van der Waals surface area contributed by atoms with Crippen LogP contribution in [-0.4, -0.2) is 32.3 Å². The average Bonchev–Trinajstić information content (AvgIpc) is 2.17. The molecule has 1 fully saturated rings. The van der Waals surface area contributed by atoms with Crippen molar-refractivity contribution in [3.05, 3.63) is 20.8 Å². The molecule has 6 nitrogen and oxygen atoms in total. The third-order valence-electron chi connectivity index (χ3n) is 1.72. The van der Waals surface area contributed by atoms with Gasteiger partial charge in [0, 0.05) is 12.3 Å². The Balaban J connectivity index is 0.00000256. The van der Waals surface area contributed by atoms with Crippen molar-refractivity contribution in [2.24, 2.45) is 0 Å². The van der Waals surface area contributed by atoms with E-state index in [1.165, 1.54) is 11.8 Å². The molecule has 0 radical (unpaired) electrons. The zero-order valence-corrected chi connectivity index (χ0v) is 11.4. The van der Waals surface area contributed by atoms with E-state index in [0.717, 1.165) is 6.42 Å². The van der Waals surface area contributed by atoms with Crippen molar-refractivity contribution < 1.29 is 15.2 Å². The second-order valence-electron chi connectivity index (χ2n) is 2.89. The summed E-state index contributed by atoms with van der Waals surface area (Å²) < 4.78 is -2.31. The zero-order chi connectivity index (χ0) is 12.3. The number of halogens is 3. The molecule has 0 aromatic heterocycles. The maximum atomic E-state index is 11.6. The molecule has 0 aromatic rings. The molecule has 0 aliphatic carbocycles. The van der Waals surface area contributed by atoms with Crippen LogP contribution in [0.25, 0.3) is 0 Å². The van der Waals surface area contributed by atoms with Crippen molar-refractivity contribution in [1.82, 2.24) is 5.32 Å². The Hall–Kier alpha value is -0.210. The van der Waals surface area contributed by atoms with Gasteiger partial charge < -0.3 is 10.8 Å². The minimum atomic E-state index is -2.31. The van der Waals surface area contributed by atoms with Gasteiger partial charge in [-0.15, -0.1) is 11.8 Å². The van der Waals surface area contributed by atoms with E-state index in [0.29, 0.717) is 12.3 Å². The lowest BCUT2D eigenvalue weighted by molar-refractivity contribution is -0.419. The topological polar surface area (TPSA) is 104 Å². The van der Waals surface area contributed by atoms with Gasteiger partial charge in [-0.2, -0.15) is 0 Å². The molecule has 3 N–H and O–H groups in total. The summed E-state index contributed by atoms with van der Waals surface area (Å²) >= 11 is 17.2. The fraction of sp³-hybridized carbons (Fsp3) is 0.571. The summed E-state index contributed by atoms with van der Waals surface area (Å²) in [6.45, 7) is 0.562. The van der Waals surface area contributed by atoms with Crippen LogP contribution in [0.3, 0.4) is 0 Å². The summed E-state index contributed by atoms with van der Waals surface area (Å²) in [5.74, 6) is -0.438. The molecule has 17 heavy (non-hydrogen) atoms. The highest BCUT2D eigenvalue weighted by Gasteiger charge is 2.42. The Morgan fingerprint density at radius 3 is 2.41 bits per heavy atom. The number of thioether (sulfide) groups is 1. The van der Waals surface area contributed by atoms with Crippen LogP contribution >= 0.6 is 46.6 Å². The molecule has 0 saturated carbocycles. The van der Waals surface area contributed by atoms with Gasteiger partial charge in [0.25, 0.3) is 9.58 Å². The highest BCUT2D eigenvalue weighted by Crippen LogP contribution is 2.33. The van der Waals surface area contributed by atoms with Gasteiger partial charge in [0.15, 0.2) is 5.03 Å². The van der Waals surface area contributed by atoms with Gasteiger partial charge in [-0.3, -0.25) is 14.9 Å². The summed E-state index contributed by atoms with van der Waals surface area (Å²) in [6.07, 6.45) is 0.862. The first-order chi connectivity index (χ1) is 7.34. The van der Waals surface area contributed by atoms with Gasteiger partial charge in [0.2, 0.25) is 0 Å². The van der Waals surface area contributed by atoms with Crippen LogP contribution in [0.4, 0.5) is 0 Å². The number of ketones is 1. The molecule has 1 saturated heterocycles. The number of nitrogens with zero attached hydrogens (tertiary/aromatic N) is 1. The van der Waals surface area contributed by atoms with E-state index in [9.17, 15) is 14.9 Å². The van der Waals surface area contributed by atoms with Crippen molar-refractivity contribution in [3.63, 3.8) is 0 Å². The average molecular weight is 324 g/mol. The standard InChI is InChI=1S/C7H7Cl3N2O3S.H2O/c8-7(9,10)5(13)4(12(14)15)6-11-2-1-3-16-6;/h11H,1-3H2;1H2. The monoisotopic (exact) mass is 322 g/mol. The molecule has 1 aliphatic heterocycles. The predicted octanol–water partition coefficient (Wildman–Crippen LogP) is 1.27. The summed E-state index contributed by atoms with van der Waals surface area (Å²) in [5.41, 5.74) is -0.690. The highest BCUT2D eigenvalue weighted by atomic mass is 35.6. The van der Waals surface area contributed by atoms with Crippen molar-refractivity contribution >= 4 is 52.3 Å². The van der Waals surface area contributed by atoms with Crippen LogP contribution in [0.5, 0.6) is 0 Å². The van der Waals surface area contributed by atoms with Crippen molar-refractivity contribution in [3.8, 4) is 0 Å². The van der Waals surface area contributed by atoms with E-state index >= 15 is 0 Å². The van der Waals surface area contributed by atoms with Crippen LogP contribution in [0.15, 0.2) is 10.7 Å². The first-order valence-corrected chi connectivity index (χ1v) is 6.33. The highest BCUT2D eigenvalue weighted by molar-refractivity contribution is 8.03. The number of hydrogen-bond donors (Lipinski definition) is 1. The van der Waals surface area contributed by atoms with Gasteiger partial charge in [0.05, 0.1) is 4.92 Å². The minimum Gasteiger partial charge on any atom is -0.412 e. The molecule has 0 spiro atoms. The fourth-order valence-electron chi connectivity index (χ4n) is 1.05. The first kappa shape index (κ1) is 16.8. The zero-order valence-electron chi connectivity index (χ0n) is 8.34. The summed E-state index contributed by atoms with van der Waals surface area (Å²) in [5, 5.41) is 13.7. The molecular formula is C7H9Cl3N2O4S. The van der Waals surface area contributed by atoms with Crippen LogP contribution in [0, 0.1) is 10.1 Å². The molecule has 0 atom stereocenters. The molecule has 1 aliphatic rings. The van der Waals surface area contributed by atoms with E-state index in [1.807, 2.05) is 0 Å². The van der Waals surface area contributed by atoms with Gasteiger partial charge in [-0.25, -0.2) is 0 Å². The number of alkyl halides is 3. The lowest BCUT2D eigenvalue weighted by Gasteiger charge is -2.16. The van der Waals surface area contributed by atoms with E-state index in [2.05, 4.69) is 5.32 Å². The molecule has 1 rings (SSSR count). The number of nitro groups is 1. The van der Waals surface area contributed by atoms with Crippen LogP contribution in [-0.2, 0) is 4.79 Å². The lowest BCUT2D eigenvalue weighted by Crippen LogP contribution is -2.31. The van der Waals surface area contributed by atoms with Crippen LogP contribution in [0.2, 0.25) is 0 Å². The second-order valence-corrected chi connectivity index (χ2v) is 6.28. The minimum absolute atomic E-state index is 0. The molecule has 10 heteroatoms. The predicted molar refractivity (Wildman–Crippen MR) is 68.0 cm³/mol. The third kappa shape index (κ3) is 4.51. The van der Waals surface area contributed by atoms with E-state index in [-0.39, 0.29) is 10.5 Å². The molecule has 1 heterocycles. The molecule has 0 bridgehead atoms. The smallest absolute Gasteiger partial charge is 0.346 e. The summed E-state index contributed by atoms with van der Waals surface area (Å²) in [6, 6.07) is 0. The Bertz CT molecular complexity index is 348. The number of carbonyl (C=O) groups is 1. The largest absolute Gasteiger partial charge is 0.412 e. The molecular weight excluding hydrogens is 315 g/mol. The quantitative estimate of drug-likeness (QED) is 0.357. The first-order valence-electron chi connectivity index (χ1n) is 4.21. The molecule has 0 amide bonds. The normalized spacial score (nSPS) is 18.8. The SMILES string of the molecule is O.O=C(C(=C1NCCCS1)[N+](=O)[O-])C(Cl)(Cl)Cl. The molecule has 0 unspecified atom stereocenters. The van der Waals surface area contributed by atoms with E-state index in [4.69, 9.17) is 34.8 Å². The Kier molecular flexibility index (Phi) is 6.57. The van der Waals surface area contributed by atoms with Gasteiger partial charge in [-0.05, 0) is 6.42 Å². The second kappa shape index (κ2) is 6.65. The Labute approximate surface area is 116 Å². The fourth-order valence-corrected chi connectivity index (χ4v) is 2.32. The van der Waals surface area contributed by atoms with Crippen LogP contribution < -0.4 is 5.32 Å². The number of carbonyl (C=O) groups excluding carboxylic acids is 1. The van der Waals surface area contributed by atoms with E-state index < -0.39 is 20.2 Å².